The molecule has 0 fully saturated rings. The summed E-state index contributed by atoms with van der Waals surface area (Å²) in [6.45, 7) is 3.83. The van der Waals surface area contributed by atoms with Crippen LogP contribution in [-0.4, -0.2) is 18.2 Å². The van der Waals surface area contributed by atoms with Gasteiger partial charge in [-0.15, -0.1) is 11.8 Å². The average Bonchev–Trinajstić information content (AvgIpc) is 2.71. The first-order chi connectivity index (χ1) is 14.0. The van der Waals surface area contributed by atoms with Gasteiger partial charge in [0.15, 0.2) is 0 Å². The van der Waals surface area contributed by atoms with E-state index >= 15 is 0 Å². The van der Waals surface area contributed by atoms with Crippen LogP contribution in [0, 0.1) is 13.8 Å². The van der Waals surface area contributed by atoms with Gasteiger partial charge in [-0.3, -0.25) is 4.79 Å². The summed E-state index contributed by atoms with van der Waals surface area (Å²) in [5, 5.41) is 8.53. The van der Waals surface area contributed by atoms with Gasteiger partial charge < -0.3 is 16.0 Å². The zero-order valence-electron chi connectivity index (χ0n) is 16.6. The molecule has 0 aromatic heterocycles. The number of hydrogen-bond donors (Lipinski definition) is 3. The molecule has 6 heteroatoms. The lowest BCUT2D eigenvalue weighted by molar-refractivity contribution is 0.102. The van der Waals surface area contributed by atoms with Crippen molar-refractivity contribution in [3.63, 3.8) is 0 Å². The molecule has 3 amide bonds. The van der Waals surface area contributed by atoms with Crippen molar-refractivity contribution in [2.45, 2.75) is 18.7 Å². The van der Waals surface area contributed by atoms with E-state index in [0.29, 0.717) is 22.6 Å². The van der Waals surface area contributed by atoms with Crippen molar-refractivity contribution in [2.24, 2.45) is 0 Å². The summed E-state index contributed by atoms with van der Waals surface area (Å²) in [7, 11) is 0. The summed E-state index contributed by atoms with van der Waals surface area (Å²) in [5.74, 6) is -0.174. The predicted molar refractivity (Wildman–Crippen MR) is 121 cm³/mol. The number of anilines is 3. The molecular weight excluding hydrogens is 382 g/mol. The zero-order chi connectivity index (χ0) is 20.8. The Morgan fingerprint density at radius 1 is 0.759 bits per heavy atom. The number of carbonyl (C=O) groups is 2. The van der Waals surface area contributed by atoms with Crippen molar-refractivity contribution in [3.05, 3.63) is 83.4 Å². The minimum atomic E-state index is -0.346. The molecule has 0 radical (unpaired) electrons. The van der Waals surface area contributed by atoms with Crippen molar-refractivity contribution < 1.29 is 9.59 Å². The van der Waals surface area contributed by atoms with Gasteiger partial charge in [0, 0.05) is 27.5 Å². The largest absolute Gasteiger partial charge is 0.323 e. The van der Waals surface area contributed by atoms with Crippen LogP contribution in [0.2, 0.25) is 0 Å². The van der Waals surface area contributed by atoms with Gasteiger partial charge in [0.25, 0.3) is 5.91 Å². The smallest absolute Gasteiger partial charge is 0.322 e. The Morgan fingerprint density at radius 2 is 1.45 bits per heavy atom. The van der Waals surface area contributed by atoms with E-state index in [9.17, 15) is 9.59 Å². The third-order valence-corrected chi connectivity index (χ3v) is 5.19. The van der Waals surface area contributed by atoms with Crippen LogP contribution in [0.25, 0.3) is 0 Å². The van der Waals surface area contributed by atoms with E-state index in [4.69, 9.17) is 0 Å². The molecule has 0 atom stereocenters. The molecule has 0 aliphatic carbocycles. The van der Waals surface area contributed by atoms with Crippen molar-refractivity contribution in [3.8, 4) is 0 Å². The Morgan fingerprint density at radius 3 is 2.17 bits per heavy atom. The Hall–Kier alpha value is -3.25. The van der Waals surface area contributed by atoms with E-state index in [1.54, 1.807) is 23.9 Å². The molecule has 0 saturated carbocycles. The quantitative estimate of drug-likeness (QED) is 0.461. The maximum atomic E-state index is 12.8. The van der Waals surface area contributed by atoms with Crippen LogP contribution in [-0.2, 0) is 0 Å². The van der Waals surface area contributed by atoms with Gasteiger partial charge in [-0.25, -0.2) is 4.79 Å². The number of urea groups is 1. The number of amides is 3. The average molecular weight is 406 g/mol. The first-order valence-electron chi connectivity index (χ1n) is 9.16. The van der Waals surface area contributed by atoms with Crippen LogP contribution < -0.4 is 16.0 Å². The van der Waals surface area contributed by atoms with Gasteiger partial charge in [0.1, 0.15) is 0 Å². The molecule has 0 unspecified atom stereocenters. The Balaban J connectivity index is 1.73. The molecule has 3 aromatic rings. The zero-order valence-corrected chi connectivity index (χ0v) is 17.4. The fraction of sp³-hybridized carbons (Fsp3) is 0.130. The van der Waals surface area contributed by atoms with Crippen molar-refractivity contribution in [2.75, 3.05) is 22.2 Å². The predicted octanol–water partition coefficient (Wildman–Crippen LogP) is 5.92. The molecule has 0 spiro atoms. The molecule has 148 valence electrons. The molecule has 0 bridgehead atoms. The maximum absolute atomic E-state index is 12.8. The van der Waals surface area contributed by atoms with Crippen LogP contribution in [0.4, 0.5) is 21.9 Å². The highest BCUT2D eigenvalue weighted by molar-refractivity contribution is 7.98. The lowest BCUT2D eigenvalue weighted by atomic mass is 10.1. The van der Waals surface area contributed by atoms with Gasteiger partial charge in [-0.1, -0.05) is 30.3 Å². The van der Waals surface area contributed by atoms with Crippen molar-refractivity contribution >= 4 is 40.8 Å². The number of para-hydroxylation sites is 1. The minimum absolute atomic E-state index is 0.174. The highest BCUT2D eigenvalue weighted by Crippen LogP contribution is 2.24. The highest BCUT2D eigenvalue weighted by atomic mass is 32.2. The van der Waals surface area contributed by atoms with E-state index < -0.39 is 0 Å². The molecule has 3 rings (SSSR count). The standard InChI is InChI=1S/C23H23N3O2S/c1-15-10-12-19(29-3)14-20(15)22(27)26-21-13-18(11-9-16(21)2)25-23(28)24-17-7-5-4-6-8-17/h4-14H,1-3H3,(H,26,27)(H2,24,25,28). The van der Waals surface area contributed by atoms with Crippen LogP contribution in [0.5, 0.6) is 0 Å². The molecule has 0 aliphatic rings. The second-order valence-corrected chi connectivity index (χ2v) is 7.49. The summed E-state index contributed by atoms with van der Waals surface area (Å²) >= 11 is 1.59. The van der Waals surface area contributed by atoms with Gasteiger partial charge in [0.05, 0.1) is 0 Å². The van der Waals surface area contributed by atoms with Gasteiger partial charge in [0.2, 0.25) is 0 Å². The molecule has 5 nitrogen and oxygen atoms in total. The summed E-state index contributed by atoms with van der Waals surface area (Å²) in [4.78, 5) is 26.1. The number of thioether (sulfide) groups is 1. The molecule has 0 aliphatic heterocycles. The lowest BCUT2D eigenvalue weighted by Gasteiger charge is -2.13. The van der Waals surface area contributed by atoms with Gasteiger partial charge >= 0.3 is 6.03 Å². The number of aryl methyl sites for hydroxylation is 2. The Labute approximate surface area is 174 Å². The summed E-state index contributed by atoms with van der Waals surface area (Å²) in [5.41, 5.74) is 4.40. The van der Waals surface area contributed by atoms with Gasteiger partial charge in [-0.05, 0) is 67.6 Å². The molecule has 0 saturated heterocycles. The fourth-order valence-corrected chi connectivity index (χ4v) is 3.25. The van der Waals surface area contributed by atoms with E-state index in [1.165, 1.54) is 0 Å². The van der Waals surface area contributed by atoms with Crippen molar-refractivity contribution in [1.82, 2.24) is 0 Å². The topological polar surface area (TPSA) is 70.2 Å². The number of nitrogens with one attached hydrogen (secondary N) is 3. The lowest BCUT2D eigenvalue weighted by Crippen LogP contribution is -2.20. The second-order valence-electron chi connectivity index (χ2n) is 6.61. The SMILES string of the molecule is CSc1ccc(C)c(C(=O)Nc2cc(NC(=O)Nc3ccccc3)ccc2C)c1. The van der Waals surface area contributed by atoms with Crippen LogP contribution >= 0.6 is 11.8 Å². The van der Waals surface area contributed by atoms with Gasteiger partial charge in [-0.2, -0.15) is 0 Å². The van der Waals surface area contributed by atoms with E-state index in [-0.39, 0.29) is 11.9 Å². The molecule has 3 aromatic carbocycles. The van der Waals surface area contributed by atoms with Crippen LogP contribution in [0.3, 0.4) is 0 Å². The summed E-state index contributed by atoms with van der Waals surface area (Å²) in [6.07, 6.45) is 1.98. The van der Waals surface area contributed by atoms with Crippen LogP contribution in [0.15, 0.2) is 71.6 Å². The first-order valence-corrected chi connectivity index (χ1v) is 10.4. The third-order valence-electron chi connectivity index (χ3n) is 4.46. The second kappa shape index (κ2) is 9.30. The van der Waals surface area contributed by atoms with E-state index in [1.807, 2.05) is 74.7 Å². The van der Waals surface area contributed by atoms with E-state index in [0.717, 1.165) is 16.0 Å². The monoisotopic (exact) mass is 405 g/mol. The number of benzene rings is 3. The minimum Gasteiger partial charge on any atom is -0.322 e. The fourth-order valence-electron chi connectivity index (χ4n) is 2.81. The highest BCUT2D eigenvalue weighted by Gasteiger charge is 2.12. The number of hydrogen-bond acceptors (Lipinski definition) is 3. The summed E-state index contributed by atoms with van der Waals surface area (Å²) < 4.78 is 0. The van der Waals surface area contributed by atoms with Crippen LogP contribution in [0.1, 0.15) is 21.5 Å². The Kier molecular flexibility index (Phi) is 6.57. The molecule has 0 heterocycles. The Bertz CT molecular complexity index is 1040. The van der Waals surface area contributed by atoms with Crippen molar-refractivity contribution in [1.29, 1.82) is 0 Å². The molecule has 3 N–H and O–H groups in total. The molecule has 29 heavy (non-hydrogen) atoms. The number of carbonyl (C=O) groups excluding carboxylic acids is 2. The third kappa shape index (κ3) is 5.39. The number of rotatable bonds is 5. The molecular formula is C23H23N3O2S. The first kappa shape index (κ1) is 20.5. The van der Waals surface area contributed by atoms with E-state index in [2.05, 4.69) is 16.0 Å². The normalized spacial score (nSPS) is 10.3. The maximum Gasteiger partial charge on any atom is 0.323 e. The summed E-state index contributed by atoms with van der Waals surface area (Å²) in [6, 6.07) is 20.1.